The van der Waals surface area contributed by atoms with Gasteiger partial charge in [0.05, 0.1) is 26.2 Å². The Morgan fingerprint density at radius 3 is 0.727 bits per heavy atom. The number of rotatable bonds is 27. The molecule has 2 heteroatoms. The maximum atomic E-state index is 2.37. The van der Waals surface area contributed by atoms with E-state index in [9.17, 15) is 0 Å². The van der Waals surface area contributed by atoms with Crippen LogP contribution < -0.4 is 17.0 Å². The Morgan fingerprint density at radius 2 is 0.515 bits per heavy atom. The molecule has 33 heavy (non-hydrogen) atoms. The van der Waals surface area contributed by atoms with Crippen LogP contribution in [0.15, 0.2) is 0 Å². The second kappa shape index (κ2) is 28.7. The first kappa shape index (κ1) is 35.6. The summed E-state index contributed by atoms with van der Waals surface area (Å²) in [7, 11) is 0. The van der Waals surface area contributed by atoms with Crippen molar-refractivity contribution in [3.05, 3.63) is 0 Å². The molecule has 0 N–H and O–H groups in total. The van der Waals surface area contributed by atoms with Crippen molar-refractivity contribution in [1.82, 2.24) is 0 Å². The van der Waals surface area contributed by atoms with Crippen LogP contribution in [0.3, 0.4) is 0 Å². The van der Waals surface area contributed by atoms with E-state index in [-0.39, 0.29) is 17.0 Å². The zero-order chi connectivity index (χ0) is 23.6. The van der Waals surface area contributed by atoms with Crippen molar-refractivity contribution >= 4 is 0 Å². The summed E-state index contributed by atoms with van der Waals surface area (Å²) in [6, 6.07) is 0. The third kappa shape index (κ3) is 23.9. The van der Waals surface area contributed by atoms with Gasteiger partial charge in [0.15, 0.2) is 0 Å². The molecule has 0 rings (SSSR count). The van der Waals surface area contributed by atoms with Crippen LogP contribution in [0.5, 0.6) is 0 Å². The van der Waals surface area contributed by atoms with Crippen LogP contribution in [0.4, 0.5) is 0 Å². The quantitative estimate of drug-likeness (QED) is 0.0746. The SMILES string of the molecule is CCCCCCCCCCCCCCCCCCCCCCCCC[N+](CC)(CC)CC.[Br-]. The van der Waals surface area contributed by atoms with Gasteiger partial charge >= 0.3 is 0 Å². The third-order valence-electron chi connectivity index (χ3n) is 8.25. The van der Waals surface area contributed by atoms with Crippen molar-refractivity contribution in [3.63, 3.8) is 0 Å². The maximum absolute atomic E-state index is 2.37. The van der Waals surface area contributed by atoms with Crippen LogP contribution in [0.25, 0.3) is 0 Å². The average Bonchev–Trinajstić information content (AvgIpc) is 2.82. The monoisotopic (exact) mass is 531 g/mol. The number of unbranched alkanes of at least 4 members (excludes halogenated alkanes) is 22. The van der Waals surface area contributed by atoms with Crippen molar-refractivity contribution < 1.29 is 21.5 Å². The Labute approximate surface area is 222 Å². The van der Waals surface area contributed by atoms with Crippen molar-refractivity contribution in [1.29, 1.82) is 0 Å². The topological polar surface area (TPSA) is 0 Å². The lowest BCUT2D eigenvalue weighted by atomic mass is 10.0. The molecule has 202 valence electrons. The minimum absolute atomic E-state index is 0. The molecule has 0 aromatic rings. The molecular formula is C31H66BrN. The summed E-state index contributed by atoms with van der Waals surface area (Å²) in [6.07, 6.45) is 33.9. The van der Waals surface area contributed by atoms with Gasteiger partial charge in [-0.1, -0.05) is 142 Å². The second-order valence-electron chi connectivity index (χ2n) is 10.8. The van der Waals surface area contributed by atoms with Crippen molar-refractivity contribution in [3.8, 4) is 0 Å². The lowest BCUT2D eigenvalue weighted by molar-refractivity contribution is -0.923. The van der Waals surface area contributed by atoms with Gasteiger partial charge in [-0.05, 0) is 33.6 Å². The molecule has 0 aromatic carbocycles. The molecule has 1 nitrogen and oxygen atoms in total. The molecule has 0 aromatic heterocycles. The standard InChI is InChI=1S/C31H66N.BrH/c1-5-9-10-11-12-13-14-15-16-17-18-19-20-21-22-23-24-25-26-27-28-29-30-31-32(6-2,7-3)8-4;/h5-31H2,1-4H3;1H/q+1;/p-1. The molecule has 0 aliphatic heterocycles. The summed E-state index contributed by atoms with van der Waals surface area (Å²) in [5.41, 5.74) is 0. The summed E-state index contributed by atoms with van der Waals surface area (Å²) in [6.45, 7) is 14.7. The van der Waals surface area contributed by atoms with Gasteiger partial charge in [-0.25, -0.2) is 0 Å². The van der Waals surface area contributed by atoms with Gasteiger partial charge in [-0.3, -0.25) is 0 Å². The molecule has 0 saturated carbocycles. The molecule has 0 radical (unpaired) electrons. The Morgan fingerprint density at radius 1 is 0.303 bits per heavy atom. The molecule has 0 atom stereocenters. The minimum Gasteiger partial charge on any atom is -1.00 e. The Hall–Kier alpha value is 0.440. The average molecular weight is 533 g/mol. The van der Waals surface area contributed by atoms with Gasteiger partial charge in [0, 0.05) is 0 Å². The molecule has 0 heterocycles. The van der Waals surface area contributed by atoms with Crippen LogP contribution in [0.1, 0.15) is 175 Å². The van der Waals surface area contributed by atoms with E-state index < -0.39 is 0 Å². The molecular weight excluding hydrogens is 466 g/mol. The van der Waals surface area contributed by atoms with E-state index in [1.54, 1.807) is 0 Å². The Kier molecular flexibility index (Phi) is 30.9. The van der Waals surface area contributed by atoms with Crippen LogP contribution >= 0.6 is 0 Å². The van der Waals surface area contributed by atoms with Gasteiger partial charge in [-0.2, -0.15) is 0 Å². The molecule has 0 aliphatic rings. The fraction of sp³-hybridized carbons (Fsp3) is 1.00. The maximum Gasteiger partial charge on any atom is 0.0786 e. The highest BCUT2D eigenvalue weighted by molar-refractivity contribution is 4.51. The summed E-state index contributed by atoms with van der Waals surface area (Å²) in [5.74, 6) is 0. The van der Waals surface area contributed by atoms with E-state index >= 15 is 0 Å². The predicted octanol–water partition coefficient (Wildman–Crippen LogP) is 7.86. The molecule has 0 fully saturated rings. The molecule has 0 aliphatic carbocycles. The normalized spacial score (nSPS) is 11.6. The van der Waals surface area contributed by atoms with E-state index in [2.05, 4.69) is 27.7 Å². The van der Waals surface area contributed by atoms with Gasteiger partial charge in [-0.15, -0.1) is 0 Å². The van der Waals surface area contributed by atoms with E-state index in [0.29, 0.717) is 0 Å². The van der Waals surface area contributed by atoms with Crippen LogP contribution in [-0.2, 0) is 0 Å². The van der Waals surface area contributed by atoms with Crippen molar-refractivity contribution in [2.75, 3.05) is 26.2 Å². The number of hydrogen-bond donors (Lipinski definition) is 0. The first-order valence-electron chi connectivity index (χ1n) is 15.6. The zero-order valence-electron chi connectivity index (χ0n) is 23.9. The first-order chi connectivity index (χ1) is 15.7. The largest absolute Gasteiger partial charge is 1.00 e. The van der Waals surface area contributed by atoms with Crippen LogP contribution in [-0.4, -0.2) is 30.7 Å². The van der Waals surface area contributed by atoms with Gasteiger partial charge in [0.25, 0.3) is 0 Å². The molecule has 0 bridgehead atoms. The number of halogens is 1. The summed E-state index contributed by atoms with van der Waals surface area (Å²) in [4.78, 5) is 0. The first-order valence-corrected chi connectivity index (χ1v) is 15.6. The second-order valence-corrected chi connectivity index (χ2v) is 10.8. The van der Waals surface area contributed by atoms with Gasteiger partial charge < -0.3 is 21.5 Å². The Balaban J connectivity index is 0. The lowest BCUT2D eigenvalue weighted by Crippen LogP contribution is -3.00. The summed E-state index contributed by atoms with van der Waals surface area (Å²) >= 11 is 0. The zero-order valence-corrected chi connectivity index (χ0v) is 25.5. The highest BCUT2D eigenvalue weighted by Gasteiger charge is 2.19. The number of nitrogens with zero attached hydrogens (tertiary/aromatic N) is 1. The highest BCUT2D eigenvalue weighted by atomic mass is 79.9. The summed E-state index contributed by atoms with van der Waals surface area (Å²) < 4.78 is 1.33. The van der Waals surface area contributed by atoms with Crippen LogP contribution in [0.2, 0.25) is 0 Å². The van der Waals surface area contributed by atoms with E-state index in [4.69, 9.17) is 0 Å². The van der Waals surface area contributed by atoms with E-state index in [1.165, 1.54) is 178 Å². The molecule has 0 saturated heterocycles. The van der Waals surface area contributed by atoms with E-state index in [0.717, 1.165) is 0 Å². The van der Waals surface area contributed by atoms with E-state index in [1.807, 2.05) is 0 Å². The number of quaternary nitrogens is 1. The molecule has 0 amide bonds. The minimum atomic E-state index is 0. The fourth-order valence-electron chi connectivity index (χ4n) is 5.38. The van der Waals surface area contributed by atoms with Crippen molar-refractivity contribution in [2.45, 2.75) is 175 Å². The third-order valence-corrected chi connectivity index (χ3v) is 8.25. The summed E-state index contributed by atoms with van der Waals surface area (Å²) in [5, 5.41) is 0. The predicted molar refractivity (Wildman–Crippen MR) is 149 cm³/mol. The Bertz CT molecular complexity index is 332. The molecule has 0 spiro atoms. The smallest absolute Gasteiger partial charge is 0.0786 e. The van der Waals surface area contributed by atoms with Crippen LogP contribution in [0, 0.1) is 0 Å². The van der Waals surface area contributed by atoms with Gasteiger partial charge in [0.1, 0.15) is 0 Å². The van der Waals surface area contributed by atoms with Gasteiger partial charge in [0.2, 0.25) is 0 Å². The fourth-order valence-corrected chi connectivity index (χ4v) is 5.38. The number of hydrogen-bond acceptors (Lipinski definition) is 0. The van der Waals surface area contributed by atoms with Crippen molar-refractivity contribution in [2.24, 2.45) is 0 Å². The molecule has 0 unspecified atom stereocenters. The highest BCUT2D eigenvalue weighted by Crippen LogP contribution is 2.16. The lowest BCUT2D eigenvalue weighted by Gasteiger charge is -2.35.